The van der Waals surface area contributed by atoms with Gasteiger partial charge in [0.25, 0.3) is 0 Å². The van der Waals surface area contributed by atoms with Crippen LogP contribution in [0.5, 0.6) is 0 Å². The summed E-state index contributed by atoms with van der Waals surface area (Å²) in [6, 6.07) is 1.80. The smallest absolute Gasteiger partial charge is 0.102 e. The first-order chi connectivity index (χ1) is 4.33. The van der Waals surface area contributed by atoms with E-state index in [2.05, 4.69) is 5.16 Å². The van der Waals surface area contributed by atoms with E-state index in [9.17, 15) is 0 Å². The maximum atomic E-state index is 8.08. The first-order valence-electron chi connectivity index (χ1n) is 2.10. The standard InChI is InChI=1S/C4H3NOS3/c6-5-2-3-1-4(7)9-8-3/h1-2,6H/b5-2-. The van der Waals surface area contributed by atoms with Crippen molar-refractivity contribution in [1.29, 1.82) is 0 Å². The van der Waals surface area contributed by atoms with Crippen LogP contribution in [-0.2, 0) is 0 Å². The molecular formula is C4H3NOS3. The van der Waals surface area contributed by atoms with Gasteiger partial charge in [0.05, 0.1) is 11.1 Å². The lowest BCUT2D eigenvalue weighted by Gasteiger charge is -1.72. The van der Waals surface area contributed by atoms with Crippen molar-refractivity contribution in [2.75, 3.05) is 0 Å². The molecule has 0 aromatic carbocycles. The summed E-state index contributed by atoms with van der Waals surface area (Å²) in [6.07, 6.45) is 1.37. The second kappa shape index (κ2) is 3.05. The lowest BCUT2D eigenvalue weighted by molar-refractivity contribution is 0.322. The Morgan fingerprint density at radius 3 is 2.89 bits per heavy atom. The van der Waals surface area contributed by atoms with Gasteiger partial charge in [-0.1, -0.05) is 38.1 Å². The molecule has 0 fully saturated rings. The molecule has 0 bridgehead atoms. The largest absolute Gasteiger partial charge is 0.411 e. The van der Waals surface area contributed by atoms with E-state index in [0.717, 1.165) is 8.70 Å². The molecule has 1 heterocycles. The Labute approximate surface area is 64.5 Å². The van der Waals surface area contributed by atoms with Gasteiger partial charge in [0.15, 0.2) is 0 Å². The maximum Gasteiger partial charge on any atom is 0.102 e. The van der Waals surface area contributed by atoms with E-state index in [-0.39, 0.29) is 0 Å². The van der Waals surface area contributed by atoms with E-state index in [1.54, 1.807) is 6.07 Å². The third-order valence-electron chi connectivity index (χ3n) is 0.665. The molecule has 1 N–H and O–H groups in total. The minimum atomic E-state index is 0.829. The van der Waals surface area contributed by atoms with Gasteiger partial charge in [0, 0.05) is 0 Å². The minimum absolute atomic E-state index is 0.829. The molecule has 0 atom stereocenters. The number of nitrogens with zero attached hydrogens (tertiary/aromatic N) is 1. The molecule has 5 heteroatoms. The number of rotatable bonds is 1. The first kappa shape index (κ1) is 6.85. The van der Waals surface area contributed by atoms with Crippen molar-refractivity contribution in [2.45, 2.75) is 0 Å². The van der Waals surface area contributed by atoms with Crippen molar-refractivity contribution in [1.82, 2.24) is 0 Å². The van der Waals surface area contributed by atoms with Gasteiger partial charge in [0.2, 0.25) is 0 Å². The molecule has 0 amide bonds. The summed E-state index contributed by atoms with van der Waals surface area (Å²) in [5.74, 6) is 0. The Morgan fingerprint density at radius 2 is 2.44 bits per heavy atom. The molecule has 0 radical (unpaired) electrons. The average Bonchev–Trinajstić information content (AvgIpc) is 2.17. The Kier molecular flexibility index (Phi) is 2.32. The molecule has 0 aliphatic carbocycles. The van der Waals surface area contributed by atoms with Crippen LogP contribution in [0.1, 0.15) is 4.88 Å². The van der Waals surface area contributed by atoms with Crippen LogP contribution in [0.4, 0.5) is 0 Å². The van der Waals surface area contributed by atoms with E-state index < -0.39 is 0 Å². The van der Waals surface area contributed by atoms with Crippen molar-refractivity contribution in [2.24, 2.45) is 5.16 Å². The molecule has 1 aromatic rings. The van der Waals surface area contributed by atoms with Gasteiger partial charge < -0.3 is 5.21 Å². The van der Waals surface area contributed by atoms with Crippen molar-refractivity contribution >= 4 is 39.1 Å². The summed E-state index contributed by atoms with van der Waals surface area (Å²) >= 11 is 4.83. The number of hydrogen-bond donors (Lipinski definition) is 1. The number of hydrogen-bond acceptors (Lipinski definition) is 5. The zero-order chi connectivity index (χ0) is 6.69. The first-order valence-corrected chi connectivity index (χ1v) is 4.66. The van der Waals surface area contributed by atoms with Gasteiger partial charge in [-0.05, 0) is 6.07 Å². The van der Waals surface area contributed by atoms with Crippen molar-refractivity contribution in [3.05, 3.63) is 14.8 Å². The van der Waals surface area contributed by atoms with Crippen LogP contribution < -0.4 is 0 Å². The van der Waals surface area contributed by atoms with Crippen LogP contribution in [0.25, 0.3) is 0 Å². The molecule has 2 nitrogen and oxygen atoms in total. The van der Waals surface area contributed by atoms with Crippen LogP contribution in [-0.4, -0.2) is 11.4 Å². The highest BCUT2D eigenvalue weighted by atomic mass is 32.9. The van der Waals surface area contributed by atoms with Gasteiger partial charge in [-0.3, -0.25) is 0 Å². The summed E-state index contributed by atoms with van der Waals surface area (Å²) in [5, 5.41) is 10.9. The van der Waals surface area contributed by atoms with Gasteiger partial charge in [-0.2, -0.15) is 0 Å². The Balaban J connectivity index is 2.98. The highest BCUT2D eigenvalue weighted by Crippen LogP contribution is 2.15. The minimum Gasteiger partial charge on any atom is -0.411 e. The summed E-state index contributed by atoms with van der Waals surface area (Å²) in [7, 11) is 3.00. The summed E-state index contributed by atoms with van der Waals surface area (Å²) in [5.41, 5.74) is 0. The highest BCUT2D eigenvalue weighted by molar-refractivity contribution is 7.79. The zero-order valence-electron chi connectivity index (χ0n) is 4.27. The Hall–Kier alpha value is -0.260. The summed E-state index contributed by atoms with van der Waals surface area (Å²) in [6.45, 7) is 0. The summed E-state index contributed by atoms with van der Waals surface area (Å²) in [4.78, 5) is 0.896. The van der Waals surface area contributed by atoms with Gasteiger partial charge in [-0.15, -0.1) is 0 Å². The van der Waals surface area contributed by atoms with Crippen molar-refractivity contribution in [3.63, 3.8) is 0 Å². The number of oxime groups is 1. The SMILES string of the molecule is O/N=C\c1cc(=S)ss1. The van der Waals surface area contributed by atoms with E-state index in [4.69, 9.17) is 17.4 Å². The van der Waals surface area contributed by atoms with Gasteiger partial charge in [-0.25, -0.2) is 0 Å². The van der Waals surface area contributed by atoms with Crippen LogP contribution in [0.2, 0.25) is 0 Å². The van der Waals surface area contributed by atoms with Gasteiger partial charge >= 0.3 is 0 Å². The van der Waals surface area contributed by atoms with Gasteiger partial charge in [0.1, 0.15) is 3.82 Å². The molecule has 0 aliphatic rings. The molecule has 0 spiro atoms. The Bertz CT molecular complexity index is 261. The second-order valence-corrected chi connectivity index (χ2v) is 4.22. The van der Waals surface area contributed by atoms with E-state index in [1.165, 1.54) is 26.9 Å². The van der Waals surface area contributed by atoms with E-state index >= 15 is 0 Å². The molecular weight excluding hydrogens is 174 g/mol. The second-order valence-electron chi connectivity index (χ2n) is 1.28. The molecule has 9 heavy (non-hydrogen) atoms. The monoisotopic (exact) mass is 177 g/mol. The molecule has 1 aromatic heterocycles. The third-order valence-corrected chi connectivity index (χ3v) is 3.50. The van der Waals surface area contributed by atoms with Crippen molar-refractivity contribution < 1.29 is 5.21 Å². The fourth-order valence-electron chi connectivity index (χ4n) is 0.369. The lowest BCUT2D eigenvalue weighted by Crippen LogP contribution is -1.67. The molecule has 1 rings (SSSR count). The molecule has 48 valence electrons. The van der Waals surface area contributed by atoms with Crippen LogP contribution >= 0.6 is 32.9 Å². The topological polar surface area (TPSA) is 32.6 Å². The predicted octanol–water partition coefficient (Wildman–Crippen LogP) is 2.35. The van der Waals surface area contributed by atoms with E-state index in [0.29, 0.717) is 0 Å². The zero-order valence-corrected chi connectivity index (χ0v) is 6.72. The fraction of sp³-hybridized carbons (Fsp3) is 0. The van der Waals surface area contributed by atoms with Crippen molar-refractivity contribution in [3.8, 4) is 0 Å². The third kappa shape index (κ3) is 1.85. The van der Waals surface area contributed by atoms with Crippen LogP contribution in [0, 0.1) is 3.82 Å². The average molecular weight is 177 g/mol. The molecule has 0 aliphatic heterocycles. The normalized spacial score (nSPS) is 10.7. The Morgan fingerprint density at radius 1 is 1.67 bits per heavy atom. The fourth-order valence-corrected chi connectivity index (χ4v) is 2.51. The predicted molar refractivity (Wildman–Crippen MR) is 42.4 cm³/mol. The van der Waals surface area contributed by atoms with Crippen LogP contribution in [0.15, 0.2) is 11.2 Å². The summed E-state index contributed by atoms with van der Waals surface area (Å²) < 4.78 is 0.829. The highest BCUT2D eigenvalue weighted by Gasteiger charge is 1.88. The maximum absolute atomic E-state index is 8.08. The lowest BCUT2D eigenvalue weighted by atomic mass is 10.5. The quantitative estimate of drug-likeness (QED) is 0.235. The molecule has 0 saturated carbocycles. The molecule has 0 unspecified atom stereocenters. The molecule has 0 saturated heterocycles. The van der Waals surface area contributed by atoms with Crippen LogP contribution in [0.3, 0.4) is 0 Å². The van der Waals surface area contributed by atoms with E-state index in [1.807, 2.05) is 0 Å².